The normalized spacial score (nSPS) is 10.6. The van der Waals surface area contributed by atoms with Crippen LogP contribution in [0.15, 0.2) is 15.9 Å². The number of thioether (sulfide) groups is 1. The van der Waals surface area contributed by atoms with E-state index < -0.39 is 5.97 Å². The summed E-state index contributed by atoms with van der Waals surface area (Å²) in [6, 6.07) is 0. The molecule has 2 aromatic heterocycles. The lowest BCUT2D eigenvalue weighted by Gasteiger charge is -2.07. The summed E-state index contributed by atoms with van der Waals surface area (Å²) in [7, 11) is 0. The first-order valence-electron chi connectivity index (χ1n) is 5.16. The van der Waals surface area contributed by atoms with Crippen LogP contribution in [0, 0.1) is 13.8 Å². The van der Waals surface area contributed by atoms with Crippen LogP contribution in [0.3, 0.4) is 0 Å². The Morgan fingerprint density at radius 3 is 2.83 bits per heavy atom. The lowest BCUT2D eigenvalue weighted by atomic mass is 10.2. The van der Waals surface area contributed by atoms with Gasteiger partial charge in [-0.3, -0.25) is 0 Å². The third kappa shape index (κ3) is 2.85. The van der Waals surface area contributed by atoms with E-state index in [9.17, 15) is 9.90 Å². The van der Waals surface area contributed by atoms with Gasteiger partial charge in [-0.15, -0.1) is 11.3 Å². The van der Waals surface area contributed by atoms with Crippen molar-refractivity contribution in [2.45, 2.75) is 24.6 Å². The maximum atomic E-state index is 11.2. The van der Waals surface area contributed by atoms with E-state index >= 15 is 0 Å². The van der Waals surface area contributed by atoms with Crippen molar-refractivity contribution >= 4 is 29.1 Å². The maximum absolute atomic E-state index is 11.2. The van der Waals surface area contributed by atoms with Gasteiger partial charge in [0.25, 0.3) is 0 Å². The largest absolute Gasteiger partial charge is 0.478 e. The van der Waals surface area contributed by atoms with Crippen LogP contribution in [0.5, 0.6) is 0 Å². The Morgan fingerprint density at radius 1 is 1.44 bits per heavy atom. The molecule has 0 spiro atoms. The van der Waals surface area contributed by atoms with Crippen LogP contribution in [-0.4, -0.2) is 26.0 Å². The van der Waals surface area contributed by atoms with Gasteiger partial charge < -0.3 is 5.11 Å². The standard InChI is InChI=1S/C11H11N3O2S2/c1-6-9(11(15)16)10(14-7(2)13-6)18-4-8-3-17-5-12-8/h3,5H,4H2,1-2H3,(H,15,16). The first-order valence-corrected chi connectivity index (χ1v) is 7.09. The quantitative estimate of drug-likeness (QED) is 0.685. The van der Waals surface area contributed by atoms with Crippen LogP contribution < -0.4 is 0 Å². The second-order valence-electron chi connectivity index (χ2n) is 3.61. The molecule has 2 rings (SSSR count). The van der Waals surface area contributed by atoms with Crippen molar-refractivity contribution in [1.29, 1.82) is 0 Å². The van der Waals surface area contributed by atoms with Gasteiger partial charge in [-0.1, -0.05) is 11.8 Å². The molecule has 0 saturated carbocycles. The fourth-order valence-corrected chi connectivity index (χ4v) is 3.17. The van der Waals surface area contributed by atoms with Crippen molar-refractivity contribution in [1.82, 2.24) is 15.0 Å². The molecule has 2 heterocycles. The smallest absolute Gasteiger partial charge is 0.340 e. The Kier molecular flexibility index (Phi) is 3.93. The Morgan fingerprint density at radius 2 is 2.22 bits per heavy atom. The number of carbonyl (C=O) groups is 1. The number of rotatable bonds is 4. The van der Waals surface area contributed by atoms with E-state index in [4.69, 9.17) is 0 Å². The van der Waals surface area contributed by atoms with Crippen LogP contribution in [0.1, 0.15) is 27.6 Å². The fourth-order valence-electron chi connectivity index (χ4n) is 1.48. The molecule has 0 aliphatic carbocycles. The van der Waals surface area contributed by atoms with Crippen molar-refractivity contribution in [2.24, 2.45) is 0 Å². The van der Waals surface area contributed by atoms with E-state index in [2.05, 4.69) is 15.0 Å². The Hall–Kier alpha value is -1.47. The molecule has 1 N–H and O–H groups in total. The van der Waals surface area contributed by atoms with Crippen molar-refractivity contribution in [3.63, 3.8) is 0 Å². The second kappa shape index (κ2) is 5.45. The summed E-state index contributed by atoms with van der Waals surface area (Å²) in [6.45, 7) is 3.44. The third-order valence-corrected chi connectivity index (χ3v) is 3.87. The lowest BCUT2D eigenvalue weighted by Crippen LogP contribution is -2.08. The molecule has 0 amide bonds. The van der Waals surface area contributed by atoms with Crippen LogP contribution in [0.4, 0.5) is 0 Å². The molecule has 18 heavy (non-hydrogen) atoms. The summed E-state index contributed by atoms with van der Waals surface area (Å²) in [4.78, 5) is 23.6. The molecule has 0 unspecified atom stereocenters. The monoisotopic (exact) mass is 281 g/mol. The lowest BCUT2D eigenvalue weighted by molar-refractivity contribution is 0.0690. The minimum Gasteiger partial charge on any atom is -0.478 e. The molecule has 7 heteroatoms. The zero-order chi connectivity index (χ0) is 13.1. The second-order valence-corrected chi connectivity index (χ2v) is 5.29. The molecule has 2 aromatic rings. The van der Waals surface area contributed by atoms with Gasteiger partial charge in [-0.25, -0.2) is 19.7 Å². The van der Waals surface area contributed by atoms with E-state index in [1.54, 1.807) is 19.4 Å². The van der Waals surface area contributed by atoms with Crippen molar-refractivity contribution < 1.29 is 9.90 Å². The number of aryl methyl sites for hydroxylation is 2. The van der Waals surface area contributed by atoms with Gasteiger partial charge in [-0.2, -0.15) is 0 Å². The van der Waals surface area contributed by atoms with Crippen LogP contribution in [0.2, 0.25) is 0 Å². The predicted molar refractivity (Wildman–Crippen MR) is 70.1 cm³/mol. The molecular weight excluding hydrogens is 270 g/mol. The van der Waals surface area contributed by atoms with Gasteiger partial charge in [0, 0.05) is 11.1 Å². The highest BCUT2D eigenvalue weighted by molar-refractivity contribution is 7.98. The van der Waals surface area contributed by atoms with Gasteiger partial charge in [0.1, 0.15) is 16.4 Å². The van der Waals surface area contributed by atoms with Gasteiger partial charge >= 0.3 is 5.97 Å². The van der Waals surface area contributed by atoms with Gasteiger partial charge in [0.05, 0.1) is 16.9 Å². The van der Waals surface area contributed by atoms with Crippen LogP contribution in [-0.2, 0) is 5.75 Å². The summed E-state index contributed by atoms with van der Waals surface area (Å²) in [5, 5.41) is 11.6. The molecule has 94 valence electrons. The summed E-state index contributed by atoms with van der Waals surface area (Å²) in [5.41, 5.74) is 3.36. The molecular formula is C11H11N3O2S2. The summed E-state index contributed by atoms with van der Waals surface area (Å²) >= 11 is 2.89. The number of aromatic carboxylic acids is 1. The van der Waals surface area contributed by atoms with Gasteiger partial charge in [0.15, 0.2) is 0 Å². The van der Waals surface area contributed by atoms with E-state index in [1.165, 1.54) is 23.1 Å². The maximum Gasteiger partial charge on any atom is 0.340 e. The Balaban J connectivity index is 2.28. The van der Waals surface area contributed by atoms with Crippen LogP contribution >= 0.6 is 23.1 Å². The van der Waals surface area contributed by atoms with E-state index in [0.717, 1.165) is 5.69 Å². The number of carboxylic acids is 1. The number of nitrogens with zero attached hydrogens (tertiary/aromatic N) is 3. The zero-order valence-electron chi connectivity index (χ0n) is 9.88. The van der Waals surface area contributed by atoms with E-state index in [1.807, 2.05) is 5.38 Å². The summed E-state index contributed by atoms with van der Waals surface area (Å²) in [6.07, 6.45) is 0. The number of thiazole rings is 1. The van der Waals surface area contributed by atoms with Crippen molar-refractivity contribution in [3.05, 3.63) is 33.7 Å². The number of aromatic nitrogens is 3. The third-order valence-electron chi connectivity index (χ3n) is 2.22. The zero-order valence-corrected chi connectivity index (χ0v) is 11.5. The van der Waals surface area contributed by atoms with E-state index in [0.29, 0.717) is 22.3 Å². The number of hydrogen-bond acceptors (Lipinski definition) is 6. The highest BCUT2D eigenvalue weighted by atomic mass is 32.2. The van der Waals surface area contributed by atoms with Crippen molar-refractivity contribution in [2.75, 3.05) is 0 Å². The molecule has 0 aliphatic rings. The summed E-state index contributed by atoms with van der Waals surface area (Å²) in [5.74, 6) is 0.200. The molecule has 0 bridgehead atoms. The molecule has 5 nitrogen and oxygen atoms in total. The Labute approximate surface area is 112 Å². The average Bonchev–Trinajstić information content (AvgIpc) is 2.77. The summed E-state index contributed by atoms with van der Waals surface area (Å²) < 4.78 is 0. The molecule has 0 radical (unpaired) electrons. The van der Waals surface area contributed by atoms with Gasteiger partial charge in [-0.05, 0) is 13.8 Å². The fraction of sp³-hybridized carbons (Fsp3) is 0.273. The average molecular weight is 281 g/mol. The minimum atomic E-state index is -0.992. The number of carboxylic acid groups (broad SMARTS) is 1. The van der Waals surface area contributed by atoms with Crippen LogP contribution in [0.25, 0.3) is 0 Å². The van der Waals surface area contributed by atoms with E-state index in [-0.39, 0.29) is 5.56 Å². The molecule has 0 fully saturated rings. The topological polar surface area (TPSA) is 76.0 Å². The Bertz CT molecular complexity index is 570. The minimum absolute atomic E-state index is 0.181. The van der Waals surface area contributed by atoms with Crippen molar-refractivity contribution in [3.8, 4) is 0 Å². The SMILES string of the molecule is Cc1nc(C)c(C(=O)O)c(SCc2cscn2)n1. The highest BCUT2D eigenvalue weighted by Crippen LogP contribution is 2.26. The predicted octanol–water partition coefficient (Wildman–Crippen LogP) is 2.54. The molecule has 0 saturated heterocycles. The molecule has 0 atom stereocenters. The van der Waals surface area contributed by atoms with Gasteiger partial charge in [0.2, 0.25) is 0 Å². The first kappa shape index (κ1) is 13.0. The highest BCUT2D eigenvalue weighted by Gasteiger charge is 2.17. The number of hydrogen-bond donors (Lipinski definition) is 1. The molecule has 0 aromatic carbocycles. The molecule has 0 aliphatic heterocycles. The first-order chi connectivity index (χ1) is 8.58.